The maximum Gasteiger partial charge on any atom is 0.253 e. The van der Waals surface area contributed by atoms with Crippen molar-refractivity contribution in [1.82, 2.24) is 5.32 Å². The van der Waals surface area contributed by atoms with Crippen molar-refractivity contribution in [3.63, 3.8) is 0 Å². The quantitative estimate of drug-likeness (QED) is 0.714. The summed E-state index contributed by atoms with van der Waals surface area (Å²) in [7, 11) is 0. The monoisotopic (exact) mass is 353 g/mol. The highest BCUT2D eigenvalue weighted by atomic mass is 16.2. The van der Waals surface area contributed by atoms with Crippen LogP contribution in [0.15, 0.2) is 54.6 Å². The zero-order valence-electron chi connectivity index (χ0n) is 15.5. The van der Waals surface area contributed by atoms with E-state index in [0.717, 1.165) is 5.56 Å². The molecule has 5 heteroatoms. The van der Waals surface area contributed by atoms with E-state index >= 15 is 0 Å². The normalized spacial score (nSPS) is 13.1. The van der Waals surface area contributed by atoms with Crippen LogP contribution in [0.2, 0.25) is 0 Å². The molecule has 0 fully saturated rings. The minimum atomic E-state index is -0.441. The number of benzene rings is 2. The van der Waals surface area contributed by atoms with Gasteiger partial charge in [-0.1, -0.05) is 63.2 Å². The third-order valence-corrected chi connectivity index (χ3v) is 4.24. The van der Waals surface area contributed by atoms with Crippen LogP contribution in [0.3, 0.4) is 0 Å². The second-order valence-electron chi connectivity index (χ2n) is 6.86. The van der Waals surface area contributed by atoms with Gasteiger partial charge in [-0.2, -0.15) is 0 Å². The number of rotatable bonds is 7. The van der Waals surface area contributed by atoms with E-state index in [0.29, 0.717) is 23.7 Å². The molecular weight excluding hydrogens is 326 g/mol. The molecule has 0 aliphatic carbocycles. The van der Waals surface area contributed by atoms with E-state index in [4.69, 9.17) is 5.73 Å². The van der Waals surface area contributed by atoms with Crippen LogP contribution in [0.5, 0.6) is 0 Å². The van der Waals surface area contributed by atoms with Gasteiger partial charge in [0, 0.05) is 12.6 Å². The predicted molar refractivity (Wildman–Crippen MR) is 105 cm³/mol. The lowest BCUT2D eigenvalue weighted by Gasteiger charge is -2.20. The summed E-state index contributed by atoms with van der Waals surface area (Å²) in [5.74, 6) is -0.506. The lowest BCUT2D eigenvalue weighted by atomic mass is 9.94. The van der Waals surface area contributed by atoms with Crippen LogP contribution in [-0.2, 0) is 4.79 Å². The zero-order valence-corrected chi connectivity index (χ0v) is 15.5. The largest absolute Gasteiger partial charge is 0.352 e. The second-order valence-corrected chi connectivity index (χ2v) is 6.86. The Labute approximate surface area is 155 Å². The van der Waals surface area contributed by atoms with Crippen LogP contribution >= 0.6 is 0 Å². The topological polar surface area (TPSA) is 84.2 Å². The molecule has 0 aromatic heterocycles. The van der Waals surface area contributed by atoms with Crippen molar-refractivity contribution >= 4 is 17.5 Å². The minimum absolute atomic E-state index is 0.199. The SMILES string of the molecule is CC(C)CNC(=O)c1ccccc1NC(=O)C(C)C(N)c1ccccc1. The van der Waals surface area contributed by atoms with Gasteiger partial charge in [0.25, 0.3) is 5.91 Å². The van der Waals surface area contributed by atoms with Crippen LogP contribution < -0.4 is 16.4 Å². The maximum absolute atomic E-state index is 12.6. The third kappa shape index (κ3) is 5.17. The number of anilines is 1. The third-order valence-electron chi connectivity index (χ3n) is 4.24. The molecule has 138 valence electrons. The number of para-hydroxylation sites is 1. The molecule has 0 heterocycles. The molecule has 0 aliphatic rings. The first-order valence-electron chi connectivity index (χ1n) is 8.88. The fourth-order valence-electron chi connectivity index (χ4n) is 2.56. The predicted octanol–water partition coefficient (Wildman–Crippen LogP) is 3.35. The van der Waals surface area contributed by atoms with E-state index in [1.807, 2.05) is 44.2 Å². The Hall–Kier alpha value is -2.66. The summed E-state index contributed by atoms with van der Waals surface area (Å²) >= 11 is 0. The molecule has 26 heavy (non-hydrogen) atoms. The van der Waals surface area contributed by atoms with E-state index in [2.05, 4.69) is 10.6 Å². The lowest BCUT2D eigenvalue weighted by Crippen LogP contribution is -2.32. The molecule has 2 rings (SSSR count). The van der Waals surface area contributed by atoms with Gasteiger partial charge in [-0.3, -0.25) is 9.59 Å². The Morgan fingerprint density at radius 2 is 1.58 bits per heavy atom. The number of amides is 2. The van der Waals surface area contributed by atoms with E-state index < -0.39 is 12.0 Å². The molecule has 0 spiro atoms. The van der Waals surface area contributed by atoms with Gasteiger partial charge in [-0.25, -0.2) is 0 Å². The standard InChI is InChI=1S/C21H27N3O2/c1-14(2)13-23-21(26)17-11-7-8-12-18(17)24-20(25)15(3)19(22)16-9-5-4-6-10-16/h4-12,14-15,19H,13,22H2,1-3H3,(H,23,26)(H,24,25). The summed E-state index contributed by atoms with van der Waals surface area (Å²) in [6, 6.07) is 16.1. The molecule has 2 amide bonds. The molecule has 0 bridgehead atoms. The Kier molecular flexibility index (Phi) is 6.92. The van der Waals surface area contributed by atoms with E-state index in [-0.39, 0.29) is 11.8 Å². The van der Waals surface area contributed by atoms with E-state index in [1.165, 1.54) is 0 Å². The summed E-state index contributed by atoms with van der Waals surface area (Å²) in [5, 5.41) is 5.72. The molecule has 2 unspecified atom stereocenters. The lowest BCUT2D eigenvalue weighted by molar-refractivity contribution is -0.120. The van der Waals surface area contributed by atoms with Gasteiger partial charge in [0.1, 0.15) is 0 Å². The Balaban J connectivity index is 2.10. The molecule has 4 N–H and O–H groups in total. The van der Waals surface area contributed by atoms with Crippen molar-refractivity contribution in [3.8, 4) is 0 Å². The van der Waals surface area contributed by atoms with Crippen molar-refractivity contribution < 1.29 is 9.59 Å². The highest BCUT2D eigenvalue weighted by Crippen LogP contribution is 2.22. The second kappa shape index (κ2) is 9.15. The van der Waals surface area contributed by atoms with Gasteiger partial charge >= 0.3 is 0 Å². The molecular formula is C21H27N3O2. The number of nitrogens with one attached hydrogen (secondary N) is 2. The van der Waals surface area contributed by atoms with Gasteiger partial charge in [-0.15, -0.1) is 0 Å². The average Bonchev–Trinajstić information content (AvgIpc) is 2.66. The van der Waals surface area contributed by atoms with Gasteiger partial charge < -0.3 is 16.4 Å². The van der Waals surface area contributed by atoms with Gasteiger partial charge in [0.2, 0.25) is 5.91 Å². The summed E-state index contributed by atoms with van der Waals surface area (Å²) in [5.41, 5.74) is 8.07. The van der Waals surface area contributed by atoms with Crippen LogP contribution in [0.1, 0.15) is 42.7 Å². The number of hydrogen-bond acceptors (Lipinski definition) is 3. The average molecular weight is 353 g/mol. The van der Waals surface area contributed by atoms with Crippen LogP contribution in [0.4, 0.5) is 5.69 Å². The van der Waals surface area contributed by atoms with Crippen LogP contribution in [-0.4, -0.2) is 18.4 Å². The maximum atomic E-state index is 12.6. The van der Waals surface area contributed by atoms with Crippen molar-refractivity contribution in [2.24, 2.45) is 17.6 Å². The highest BCUT2D eigenvalue weighted by molar-refractivity contribution is 6.04. The van der Waals surface area contributed by atoms with Crippen LogP contribution in [0, 0.1) is 11.8 Å². The first-order valence-corrected chi connectivity index (χ1v) is 8.88. The first kappa shape index (κ1) is 19.7. The summed E-state index contributed by atoms with van der Waals surface area (Å²) in [6.45, 7) is 6.42. The molecule has 0 aliphatic heterocycles. The molecule has 2 aromatic rings. The van der Waals surface area contributed by atoms with E-state index in [1.54, 1.807) is 31.2 Å². The van der Waals surface area contributed by atoms with Gasteiger partial charge in [0.05, 0.1) is 17.2 Å². The number of hydrogen-bond donors (Lipinski definition) is 3. The van der Waals surface area contributed by atoms with E-state index in [9.17, 15) is 9.59 Å². The Morgan fingerprint density at radius 3 is 2.23 bits per heavy atom. The van der Waals surface area contributed by atoms with Crippen molar-refractivity contribution in [3.05, 3.63) is 65.7 Å². The highest BCUT2D eigenvalue weighted by Gasteiger charge is 2.23. The number of carbonyl (C=O) groups is 2. The Morgan fingerprint density at radius 1 is 0.962 bits per heavy atom. The summed E-state index contributed by atoms with van der Waals surface area (Å²) < 4.78 is 0. The van der Waals surface area contributed by atoms with Crippen molar-refractivity contribution in [2.75, 3.05) is 11.9 Å². The summed E-state index contributed by atoms with van der Waals surface area (Å²) in [4.78, 5) is 25.0. The molecule has 0 saturated heterocycles. The van der Waals surface area contributed by atoms with Crippen LogP contribution in [0.25, 0.3) is 0 Å². The van der Waals surface area contributed by atoms with Gasteiger partial charge in [0.15, 0.2) is 0 Å². The smallest absolute Gasteiger partial charge is 0.253 e. The zero-order chi connectivity index (χ0) is 19.1. The molecule has 0 saturated carbocycles. The van der Waals surface area contributed by atoms with Gasteiger partial charge in [-0.05, 0) is 23.6 Å². The molecule has 2 aromatic carbocycles. The first-order chi connectivity index (χ1) is 12.4. The minimum Gasteiger partial charge on any atom is -0.352 e. The molecule has 5 nitrogen and oxygen atoms in total. The van der Waals surface area contributed by atoms with Crippen molar-refractivity contribution in [1.29, 1.82) is 0 Å². The molecule has 2 atom stereocenters. The number of nitrogens with two attached hydrogens (primary N) is 1. The fourth-order valence-corrected chi connectivity index (χ4v) is 2.56. The Bertz CT molecular complexity index is 744. The fraction of sp³-hybridized carbons (Fsp3) is 0.333. The molecule has 0 radical (unpaired) electrons. The van der Waals surface area contributed by atoms with Crippen molar-refractivity contribution in [2.45, 2.75) is 26.8 Å². The number of carbonyl (C=O) groups excluding carboxylic acids is 2. The summed E-state index contributed by atoms with van der Waals surface area (Å²) in [6.07, 6.45) is 0.